The molecular formula is C19H31N3O2. The van der Waals surface area contributed by atoms with Crippen LogP contribution in [0.4, 0.5) is 4.79 Å². The van der Waals surface area contributed by atoms with Crippen molar-refractivity contribution in [2.75, 3.05) is 13.1 Å². The van der Waals surface area contributed by atoms with Crippen LogP contribution in [0.25, 0.3) is 0 Å². The molecule has 3 rings (SSSR count). The number of nitrogens with zero attached hydrogens (tertiary/aromatic N) is 3. The quantitative estimate of drug-likeness (QED) is 0.805. The van der Waals surface area contributed by atoms with Crippen molar-refractivity contribution in [3.63, 3.8) is 0 Å². The fraction of sp³-hybridized carbons (Fsp3) is 0.789. The number of likely N-dealkylation sites (tertiary alicyclic amines) is 1. The summed E-state index contributed by atoms with van der Waals surface area (Å²) in [6.45, 7) is 9.38. The number of aryl methyl sites for hydroxylation is 1. The van der Waals surface area contributed by atoms with Crippen molar-refractivity contribution in [1.29, 1.82) is 0 Å². The third kappa shape index (κ3) is 3.93. The second kappa shape index (κ2) is 6.77. The van der Waals surface area contributed by atoms with Gasteiger partial charge in [-0.3, -0.25) is 4.68 Å². The molecule has 1 aliphatic carbocycles. The van der Waals surface area contributed by atoms with Gasteiger partial charge in [-0.1, -0.05) is 12.8 Å². The highest BCUT2D eigenvalue weighted by Gasteiger charge is 2.30. The average molecular weight is 333 g/mol. The van der Waals surface area contributed by atoms with Crippen LogP contribution >= 0.6 is 0 Å². The first kappa shape index (κ1) is 17.3. The number of piperidine rings is 1. The van der Waals surface area contributed by atoms with Crippen LogP contribution < -0.4 is 0 Å². The minimum Gasteiger partial charge on any atom is -0.444 e. The van der Waals surface area contributed by atoms with Gasteiger partial charge in [-0.15, -0.1) is 0 Å². The van der Waals surface area contributed by atoms with E-state index >= 15 is 0 Å². The van der Waals surface area contributed by atoms with Crippen LogP contribution in [0.1, 0.15) is 82.6 Å². The van der Waals surface area contributed by atoms with Crippen molar-refractivity contribution in [2.24, 2.45) is 0 Å². The zero-order chi connectivity index (χ0) is 17.3. The van der Waals surface area contributed by atoms with Crippen molar-refractivity contribution >= 4 is 6.09 Å². The molecule has 1 saturated heterocycles. The van der Waals surface area contributed by atoms with Crippen molar-refractivity contribution < 1.29 is 9.53 Å². The molecule has 2 aliphatic rings. The molecular weight excluding hydrogens is 302 g/mol. The minimum absolute atomic E-state index is 0.179. The van der Waals surface area contributed by atoms with E-state index in [1.165, 1.54) is 31.4 Å². The smallest absolute Gasteiger partial charge is 0.410 e. The molecule has 5 heteroatoms. The molecule has 1 aromatic rings. The zero-order valence-electron chi connectivity index (χ0n) is 15.5. The summed E-state index contributed by atoms with van der Waals surface area (Å²) in [4.78, 5) is 14.1. The van der Waals surface area contributed by atoms with E-state index in [-0.39, 0.29) is 6.09 Å². The lowest BCUT2D eigenvalue weighted by Crippen LogP contribution is -2.41. The Morgan fingerprint density at radius 2 is 1.79 bits per heavy atom. The van der Waals surface area contributed by atoms with E-state index in [2.05, 4.69) is 17.7 Å². The molecule has 0 spiro atoms. The second-order valence-electron chi connectivity index (χ2n) is 8.34. The maximum Gasteiger partial charge on any atom is 0.410 e. The third-order valence-corrected chi connectivity index (χ3v) is 5.12. The normalized spacial score (nSPS) is 20.6. The first-order valence-electron chi connectivity index (χ1n) is 9.37. The SMILES string of the molecule is Cc1cc(C2CCN(C(=O)OC(C)(C)C)CC2)n(C2CCCC2)n1. The van der Waals surface area contributed by atoms with Crippen LogP contribution in [-0.2, 0) is 4.74 Å². The summed E-state index contributed by atoms with van der Waals surface area (Å²) in [5.41, 5.74) is 2.07. The van der Waals surface area contributed by atoms with Crippen LogP contribution in [0.15, 0.2) is 6.07 Å². The Morgan fingerprint density at radius 1 is 1.17 bits per heavy atom. The molecule has 0 atom stereocenters. The van der Waals surface area contributed by atoms with Gasteiger partial charge < -0.3 is 9.64 Å². The Bertz CT molecular complexity index is 574. The van der Waals surface area contributed by atoms with Crippen molar-refractivity contribution in [3.05, 3.63) is 17.5 Å². The number of carbonyl (C=O) groups excluding carboxylic acids is 1. The summed E-state index contributed by atoms with van der Waals surface area (Å²) in [7, 11) is 0. The molecule has 2 fully saturated rings. The van der Waals surface area contributed by atoms with Crippen molar-refractivity contribution in [3.8, 4) is 0 Å². The number of hydrogen-bond donors (Lipinski definition) is 0. The molecule has 0 unspecified atom stereocenters. The van der Waals surface area contributed by atoms with Crippen LogP contribution in [0.5, 0.6) is 0 Å². The van der Waals surface area contributed by atoms with E-state index in [1.807, 2.05) is 25.7 Å². The topological polar surface area (TPSA) is 47.4 Å². The van der Waals surface area contributed by atoms with Crippen LogP contribution in [0, 0.1) is 6.92 Å². The van der Waals surface area contributed by atoms with E-state index in [4.69, 9.17) is 9.84 Å². The Balaban J connectivity index is 1.64. The molecule has 0 radical (unpaired) electrons. The fourth-order valence-electron chi connectivity index (χ4n) is 3.97. The number of rotatable bonds is 2. The first-order chi connectivity index (χ1) is 11.3. The largest absolute Gasteiger partial charge is 0.444 e. The van der Waals surface area contributed by atoms with Crippen LogP contribution in [0.2, 0.25) is 0 Å². The molecule has 2 heterocycles. The van der Waals surface area contributed by atoms with Gasteiger partial charge in [0.05, 0.1) is 11.7 Å². The molecule has 5 nitrogen and oxygen atoms in total. The summed E-state index contributed by atoms with van der Waals surface area (Å²) in [6.07, 6.45) is 6.96. The molecule has 134 valence electrons. The van der Waals surface area contributed by atoms with Gasteiger partial charge in [0.15, 0.2) is 0 Å². The Kier molecular flexibility index (Phi) is 4.88. The molecule has 1 aliphatic heterocycles. The summed E-state index contributed by atoms with van der Waals surface area (Å²) in [6, 6.07) is 2.84. The van der Waals surface area contributed by atoms with Gasteiger partial charge in [0.25, 0.3) is 0 Å². The monoisotopic (exact) mass is 333 g/mol. The molecule has 0 bridgehead atoms. The van der Waals surface area contributed by atoms with E-state index in [9.17, 15) is 4.79 Å². The zero-order valence-corrected chi connectivity index (χ0v) is 15.5. The number of ether oxygens (including phenoxy) is 1. The summed E-state index contributed by atoms with van der Waals surface area (Å²) in [5.74, 6) is 0.505. The van der Waals surface area contributed by atoms with Crippen molar-refractivity contribution in [1.82, 2.24) is 14.7 Å². The lowest BCUT2D eigenvalue weighted by Gasteiger charge is -2.34. The van der Waals surface area contributed by atoms with Gasteiger partial charge in [0.2, 0.25) is 0 Å². The Labute approximate surface area is 145 Å². The molecule has 24 heavy (non-hydrogen) atoms. The fourth-order valence-corrected chi connectivity index (χ4v) is 3.97. The lowest BCUT2D eigenvalue weighted by molar-refractivity contribution is 0.0203. The van der Waals surface area contributed by atoms with Gasteiger partial charge in [-0.2, -0.15) is 5.10 Å². The molecule has 0 aromatic carbocycles. The van der Waals surface area contributed by atoms with Gasteiger partial charge in [-0.25, -0.2) is 4.79 Å². The van der Waals surface area contributed by atoms with E-state index < -0.39 is 5.60 Å². The Hall–Kier alpha value is -1.52. The third-order valence-electron chi connectivity index (χ3n) is 5.12. The van der Waals surface area contributed by atoms with Gasteiger partial charge in [0.1, 0.15) is 5.60 Å². The van der Waals surface area contributed by atoms with Crippen LogP contribution in [0.3, 0.4) is 0 Å². The maximum atomic E-state index is 12.2. The number of aromatic nitrogens is 2. The Morgan fingerprint density at radius 3 is 2.38 bits per heavy atom. The standard InChI is InChI=1S/C19H31N3O2/c1-14-13-17(22(20-14)16-7-5-6-8-16)15-9-11-21(12-10-15)18(23)24-19(2,3)4/h13,15-16H,5-12H2,1-4H3. The number of hydrogen-bond acceptors (Lipinski definition) is 3. The molecule has 0 N–H and O–H groups in total. The van der Waals surface area contributed by atoms with E-state index in [0.717, 1.165) is 31.6 Å². The van der Waals surface area contributed by atoms with Crippen molar-refractivity contribution in [2.45, 2.75) is 83.8 Å². The minimum atomic E-state index is -0.424. The summed E-state index contributed by atoms with van der Waals surface area (Å²) < 4.78 is 7.80. The lowest BCUT2D eigenvalue weighted by atomic mass is 9.93. The van der Waals surface area contributed by atoms with Gasteiger partial charge in [0, 0.05) is 24.7 Å². The predicted octanol–water partition coefficient (Wildman–Crippen LogP) is 4.42. The highest BCUT2D eigenvalue weighted by Crippen LogP contribution is 2.35. The molecule has 1 aromatic heterocycles. The van der Waals surface area contributed by atoms with E-state index in [1.54, 1.807) is 0 Å². The van der Waals surface area contributed by atoms with Gasteiger partial charge in [-0.05, 0) is 59.4 Å². The number of amides is 1. The summed E-state index contributed by atoms with van der Waals surface area (Å²) >= 11 is 0. The summed E-state index contributed by atoms with van der Waals surface area (Å²) in [5, 5.41) is 4.78. The van der Waals surface area contributed by atoms with Gasteiger partial charge >= 0.3 is 6.09 Å². The maximum absolute atomic E-state index is 12.2. The average Bonchev–Trinajstić information content (AvgIpc) is 3.14. The first-order valence-corrected chi connectivity index (χ1v) is 9.37. The molecule has 1 amide bonds. The highest BCUT2D eigenvalue weighted by molar-refractivity contribution is 5.68. The highest BCUT2D eigenvalue weighted by atomic mass is 16.6. The number of carbonyl (C=O) groups is 1. The van der Waals surface area contributed by atoms with Crippen LogP contribution in [-0.4, -0.2) is 39.5 Å². The second-order valence-corrected chi connectivity index (χ2v) is 8.34. The van der Waals surface area contributed by atoms with E-state index in [0.29, 0.717) is 12.0 Å². The molecule has 1 saturated carbocycles. The predicted molar refractivity (Wildman–Crippen MR) is 94.3 cm³/mol.